The van der Waals surface area contributed by atoms with Crippen LogP contribution < -0.4 is 5.32 Å². The van der Waals surface area contributed by atoms with E-state index in [2.05, 4.69) is 10.2 Å². The molecule has 15 heavy (non-hydrogen) atoms. The van der Waals surface area contributed by atoms with Gasteiger partial charge in [0.2, 0.25) is 16.0 Å². The Balaban J connectivity index is 2.70. The van der Waals surface area contributed by atoms with Crippen LogP contribution in [0, 0.1) is 11.3 Å². The lowest BCUT2D eigenvalue weighted by Gasteiger charge is -1.97. The molecule has 1 N–H and O–H groups in total. The normalized spacial score (nSPS) is 10.8. The summed E-state index contributed by atoms with van der Waals surface area (Å²) >= 11 is 0.205. The number of amides is 1. The van der Waals surface area contributed by atoms with E-state index in [4.69, 9.17) is 5.26 Å². The first-order valence-electron chi connectivity index (χ1n) is 3.51. The molecular weight excluding hydrogens is 233 g/mol. The van der Waals surface area contributed by atoms with Crippen LogP contribution in [0.15, 0.2) is 0 Å². The fourth-order valence-electron chi connectivity index (χ4n) is 0.624. The molecule has 0 atom stereocenters. The summed E-state index contributed by atoms with van der Waals surface area (Å²) in [6.07, 6.45) is -5.02. The minimum atomic E-state index is -4.57. The number of nitriles is 1. The van der Waals surface area contributed by atoms with Gasteiger partial charge in [0, 0.05) is 0 Å². The van der Waals surface area contributed by atoms with Crippen molar-refractivity contribution in [2.24, 2.45) is 0 Å². The Hall–Kier alpha value is -1.69. The number of hydrogen-bond donors (Lipinski definition) is 1. The van der Waals surface area contributed by atoms with Gasteiger partial charge >= 0.3 is 6.18 Å². The average molecular weight is 236 g/mol. The molecule has 9 heteroatoms. The van der Waals surface area contributed by atoms with Crippen LogP contribution in [0.1, 0.15) is 11.4 Å². The molecule has 0 aliphatic carbocycles. The van der Waals surface area contributed by atoms with E-state index in [-0.39, 0.29) is 16.5 Å². The van der Waals surface area contributed by atoms with Gasteiger partial charge in [-0.25, -0.2) is 0 Å². The zero-order chi connectivity index (χ0) is 11.5. The number of alkyl halides is 3. The van der Waals surface area contributed by atoms with Crippen molar-refractivity contribution in [3.63, 3.8) is 0 Å². The Morgan fingerprint density at radius 2 is 2.20 bits per heavy atom. The maximum Gasteiger partial charge on any atom is 0.445 e. The Morgan fingerprint density at radius 1 is 1.53 bits per heavy atom. The van der Waals surface area contributed by atoms with Crippen LogP contribution in [0.4, 0.5) is 18.3 Å². The Labute approximate surface area is 85.5 Å². The van der Waals surface area contributed by atoms with Crippen LogP contribution in [-0.2, 0) is 11.0 Å². The molecule has 1 rings (SSSR count). The molecule has 0 aromatic carbocycles. The highest BCUT2D eigenvalue weighted by Crippen LogP contribution is 2.32. The van der Waals surface area contributed by atoms with Gasteiger partial charge in [0.15, 0.2) is 0 Å². The van der Waals surface area contributed by atoms with Crippen LogP contribution in [0.25, 0.3) is 0 Å². The van der Waals surface area contributed by atoms with Crippen molar-refractivity contribution in [2.45, 2.75) is 12.6 Å². The standard InChI is InChI=1S/C6H3F3N4OS/c7-6(8,9)4-12-13-5(15-4)11-3(14)1-2-10/h1H2,(H,11,13,14). The number of carbonyl (C=O) groups excluding carboxylic acids is 1. The van der Waals surface area contributed by atoms with Crippen molar-refractivity contribution in [2.75, 3.05) is 5.32 Å². The maximum atomic E-state index is 12.0. The minimum absolute atomic E-state index is 0.205. The molecule has 0 fully saturated rings. The van der Waals surface area contributed by atoms with E-state index in [0.29, 0.717) is 0 Å². The zero-order valence-electron chi connectivity index (χ0n) is 7.00. The average Bonchev–Trinajstić information content (AvgIpc) is 2.52. The van der Waals surface area contributed by atoms with E-state index in [1.165, 1.54) is 0 Å². The van der Waals surface area contributed by atoms with Gasteiger partial charge in [0.1, 0.15) is 6.42 Å². The first-order chi connectivity index (χ1) is 6.93. The number of hydrogen-bond acceptors (Lipinski definition) is 5. The van der Waals surface area contributed by atoms with E-state index in [1.807, 2.05) is 5.32 Å². The molecule has 80 valence electrons. The summed E-state index contributed by atoms with van der Waals surface area (Å²) in [5.74, 6) is -0.720. The molecule has 5 nitrogen and oxygen atoms in total. The van der Waals surface area contributed by atoms with Gasteiger partial charge in [-0.05, 0) is 0 Å². The van der Waals surface area contributed by atoms with Gasteiger partial charge in [0.05, 0.1) is 6.07 Å². The zero-order valence-corrected chi connectivity index (χ0v) is 7.82. The van der Waals surface area contributed by atoms with E-state index in [9.17, 15) is 18.0 Å². The third-order valence-corrected chi connectivity index (χ3v) is 2.04. The highest BCUT2D eigenvalue weighted by atomic mass is 32.1. The number of nitrogens with zero attached hydrogens (tertiary/aromatic N) is 3. The summed E-state index contributed by atoms with van der Waals surface area (Å²) in [6, 6.07) is 1.55. The van der Waals surface area contributed by atoms with Crippen LogP contribution in [0.5, 0.6) is 0 Å². The van der Waals surface area contributed by atoms with Gasteiger partial charge in [-0.3, -0.25) is 10.1 Å². The number of rotatable bonds is 2. The molecular formula is C6H3F3N4OS. The number of carbonyl (C=O) groups is 1. The molecule has 0 saturated carbocycles. The number of aromatic nitrogens is 2. The Kier molecular flexibility index (Phi) is 3.21. The van der Waals surface area contributed by atoms with Gasteiger partial charge in [-0.2, -0.15) is 18.4 Å². The summed E-state index contributed by atoms with van der Waals surface area (Å²) in [5.41, 5.74) is 0. The van der Waals surface area contributed by atoms with E-state index in [1.54, 1.807) is 6.07 Å². The maximum absolute atomic E-state index is 12.0. The largest absolute Gasteiger partial charge is 0.445 e. The number of nitrogens with one attached hydrogen (secondary N) is 1. The molecule has 0 spiro atoms. The van der Waals surface area contributed by atoms with Gasteiger partial charge in [-0.15, -0.1) is 10.2 Å². The van der Waals surface area contributed by atoms with E-state index < -0.39 is 23.5 Å². The predicted molar refractivity (Wildman–Crippen MR) is 43.8 cm³/mol. The molecule has 0 radical (unpaired) electrons. The van der Waals surface area contributed by atoms with Gasteiger partial charge < -0.3 is 0 Å². The van der Waals surface area contributed by atoms with Crippen molar-refractivity contribution in [3.8, 4) is 6.07 Å². The lowest BCUT2D eigenvalue weighted by Crippen LogP contribution is -2.09. The topological polar surface area (TPSA) is 78.7 Å². The molecule has 0 saturated heterocycles. The second-order valence-electron chi connectivity index (χ2n) is 2.29. The summed E-state index contributed by atoms with van der Waals surface area (Å²) in [6.45, 7) is 0. The monoisotopic (exact) mass is 236 g/mol. The van der Waals surface area contributed by atoms with Crippen LogP contribution in [0.3, 0.4) is 0 Å². The molecule has 1 aromatic heterocycles. The number of halogens is 3. The van der Waals surface area contributed by atoms with Gasteiger partial charge in [0.25, 0.3) is 0 Å². The first-order valence-corrected chi connectivity index (χ1v) is 4.32. The summed E-state index contributed by atoms with van der Waals surface area (Å²) < 4.78 is 36.1. The van der Waals surface area contributed by atoms with E-state index >= 15 is 0 Å². The third kappa shape index (κ3) is 3.17. The van der Waals surface area contributed by atoms with Crippen LogP contribution in [0.2, 0.25) is 0 Å². The molecule has 1 amide bonds. The lowest BCUT2D eigenvalue weighted by molar-refractivity contribution is -0.138. The second-order valence-corrected chi connectivity index (χ2v) is 3.27. The summed E-state index contributed by atoms with van der Waals surface area (Å²) in [5, 5.41) is 14.7. The highest BCUT2D eigenvalue weighted by molar-refractivity contribution is 7.15. The molecule has 1 aromatic rings. The fourth-order valence-corrected chi connectivity index (χ4v) is 1.25. The van der Waals surface area contributed by atoms with Crippen molar-refractivity contribution >= 4 is 22.4 Å². The lowest BCUT2D eigenvalue weighted by atomic mass is 10.4. The highest BCUT2D eigenvalue weighted by Gasteiger charge is 2.35. The SMILES string of the molecule is N#CCC(=O)Nc1nnc(C(F)(F)F)s1. The minimum Gasteiger partial charge on any atom is -0.300 e. The Bertz CT molecular complexity index is 407. The van der Waals surface area contributed by atoms with Crippen LogP contribution in [-0.4, -0.2) is 16.1 Å². The van der Waals surface area contributed by atoms with Crippen LogP contribution >= 0.6 is 11.3 Å². The molecule has 1 heterocycles. The summed E-state index contributed by atoms with van der Waals surface area (Å²) in [4.78, 5) is 10.8. The molecule has 0 aliphatic heterocycles. The second kappa shape index (κ2) is 4.22. The van der Waals surface area contributed by atoms with Crippen molar-refractivity contribution in [1.82, 2.24) is 10.2 Å². The van der Waals surface area contributed by atoms with Gasteiger partial charge in [-0.1, -0.05) is 11.3 Å². The molecule has 0 bridgehead atoms. The quantitative estimate of drug-likeness (QED) is 0.841. The molecule has 0 unspecified atom stereocenters. The smallest absolute Gasteiger partial charge is 0.300 e. The third-order valence-electron chi connectivity index (χ3n) is 1.15. The predicted octanol–water partition coefficient (Wildman–Crippen LogP) is 1.41. The first kappa shape index (κ1) is 11.4. The fraction of sp³-hybridized carbons (Fsp3) is 0.333. The molecule has 0 aliphatic rings. The van der Waals surface area contributed by atoms with Crippen molar-refractivity contribution < 1.29 is 18.0 Å². The van der Waals surface area contributed by atoms with E-state index in [0.717, 1.165) is 0 Å². The Morgan fingerprint density at radius 3 is 2.67 bits per heavy atom. The summed E-state index contributed by atoms with van der Waals surface area (Å²) in [7, 11) is 0. The number of anilines is 1. The van der Waals surface area contributed by atoms with Crippen molar-refractivity contribution in [1.29, 1.82) is 5.26 Å². The van der Waals surface area contributed by atoms with Crippen molar-refractivity contribution in [3.05, 3.63) is 5.01 Å².